The molecule has 1 amide bonds. The molecular weight excluding hydrogens is 224 g/mol. The molecular formula is C15H24N2O. The molecule has 0 aromatic heterocycles. The summed E-state index contributed by atoms with van der Waals surface area (Å²) in [5, 5.41) is 3.35. The van der Waals surface area contributed by atoms with Gasteiger partial charge in [-0.05, 0) is 33.3 Å². The number of rotatable bonds is 6. The van der Waals surface area contributed by atoms with Crippen LogP contribution >= 0.6 is 0 Å². The molecule has 0 spiro atoms. The van der Waals surface area contributed by atoms with Crippen LogP contribution in [0.3, 0.4) is 0 Å². The van der Waals surface area contributed by atoms with Gasteiger partial charge in [0, 0.05) is 19.1 Å². The first-order valence-corrected chi connectivity index (χ1v) is 6.69. The number of carbonyl (C=O) groups excluding carboxylic acids is 1. The van der Waals surface area contributed by atoms with Gasteiger partial charge in [0.05, 0.1) is 6.04 Å². The normalized spacial score (nSPS) is 14.0. The molecule has 1 rings (SSSR count). The van der Waals surface area contributed by atoms with Crippen LogP contribution < -0.4 is 5.32 Å². The van der Waals surface area contributed by atoms with Crippen molar-refractivity contribution in [1.29, 1.82) is 0 Å². The van der Waals surface area contributed by atoms with Gasteiger partial charge in [0.15, 0.2) is 0 Å². The van der Waals surface area contributed by atoms with Crippen LogP contribution in [0.1, 0.15) is 39.3 Å². The zero-order valence-electron chi connectivity index (χ0n) is 11.8. The van der Waals surface area contributed by atoms with Crippen LogP contribution in [-0.4, -0.2) is 29.9 Å². The summed E-state index contributed by atoms with van der Waals surface area (Å²) in [6.45, 7) is 9.56. The Morgan fingerprint density at radius 1 is 1.17 bits per heavy atom. The maximum atomic E-state index is 12.1. The Morgan fingerprint density at radius 3 is 2.22 bits per heavy atom. The van der Waals surface area contributed by atoms with E-state index in [2.05, 4.69) is 24.4 Å². The van der Waals surface area contributed by atoms with Crippen LogP contribution in [0.15, 0.2) is 30.3 Å². The summed E-state index contributed by atoms with van der Waals surface area (Å²) in [5.74, 6) is 0.169. The second kappa shape index (κ2) is 7.17. The summed E-state index contributed by atoms with van der Waals surface area (Å²) in [4.78, 5) is 14.0. The number of hydrogen-bond acceptors (Lipinski definition) is 2. The zero-order valence-corrected chi connectivity index (χ0v) is 11.8. The van der Waals surface area contributed by atoms with Crippen LogP contribution in [0, 0.1) is 0 Å². The maximum absolute atomic E-state index is 12.1. The van der Waals surface area contributed by atoms with Gasteiger partial charge in [-0.15, -0.1) is 0 Å². The van der Waals surface area contributed by atoms with Crippen molar-refractivity contribution in [3.63, 3.8) is 0 Å². The Morgan fingerprint density at radius 2 is 1.72 bits per heavy atom. The fraction of sp³-hybridized carbons (Fsp3) is 0.533. The van der Waals surface area contributed by atoms with E-state index in [0.717, 1.165) is 13.1 Å². The predicted molar refractivity (Wildman–Crippen MR) is 75.4 cm³/mol. The molecule has 1 aromatic rings. The van der Waals surface area contributed by atoms with E-state index in [-0.39, 0.29) is 18.0 Å². The van der Waals surface area contributed by atoms with Crippen LogP contribution in [0.5, 0.6) is 0 Å². The molecule has 1 N–H and O–H groups in total. The number of benzene rings is 1. The number of nitrogens with zero attached hydrogens (tertiary/aromatic N) is 1. The lowest BCUT2D eigenvalue weighted by atomic mass is 10.1. The number of hydrogen-bond donors (Lipinski definition) is 1. The summed E-state index contributed by atoms with van der Waals surface area (Å²) in [5.41, 5.74) is 1.21. The van der Waals surface area contributed by atoms with Crippen LogP contribution in [0.25, 0.3) is 0 Å². The van der Waals surface area contributed by atoms with Crippen molar-refractivity contribution in [3.8, 4) is 0 Å². The minimum atomic E-state index is -0.153. The minimum absolute atomic E-state index is 0.153. The highest BCUT2D eigenvalue weighted by molar-refractivity contribution is 5.81. The first-order chi connectivity index (χ1) is 8.60. The number of likely N-dealkylation sites (N-methyl/N-ethyl adjacent to an activating group) is 1. The maximum Gasteiger partial charge on any atom is 0.239 e. The van der Waals surface area contributed by atoms with Crippen molar-refractivity contribution >= 4 is 5.91 Å². The topological polar surface area (TPSA) is 32.3 Å². The fourth-order valence-corrected chi connectivity index (χ4v) is 2.09. The van der Waals surface area contributed by atoms with Gasteiger partial charge in [-0.25, -0.2) is 0 Å². The quantitative estimate of drug-likeness (QED) is 0.839. The van der Waals surface area contributed by atoms with Crippen LogP contribution in [0.4, 0.5) is 0 Å². The SMILES string of the molecule is CCN(CC)C(=O)C(C)N[C@@H](C)c1ccccc1. The van der Waals surface area contributed by atoms with Gasteiger partial charge in [-0.3, -0.25) is 10.1 Å². The van der Waals surface area contributed by atoms with Gasteiger partial charge in [0.25, 0.3) is 0 Å². The molecule has 1 unspecified atom stereocenters. The van der Waals surface area contributed by atoms with E-state index in [4.69, 9.17) is 0 Å². The largest absolute Gasteiger partial charge is 0.342 e. The molecule has 3 heteroatoms. The monoisotopic (exact) mass is 248 g/mol. The van der Waals surface area contributed by atoms with Crippen molar-refractivity contribution in [3.05, 3.63) is 35.9 Å². The Kier molecular flexibility index (Phi) is 5.86. The molecule has 0 fully saturated rings. The van der Waals surface area contributed by atoms with E-state index < -0.39 is 0 Å². The Labute approximate surface area is 110 Å². The average molecular weight is 248 g/mol. The minimum Gasteiger partial charge on any atom is -0.342 e. The molecule has 0 radical (unpaired) electrons. The average Bonchev–Trinajstić information content (AvgIpc) is 2.40. The summed E-state index contributed by atoms with van der Waals surface area (Å²) in [7, 11) is 0. The third-order valence-corrected chi connectivity index (χ3v) is 3.25. The molecule has 0 saturated heterocycles. The van der Waals surface area contributed by atoms with Crippen LogP contribution in [-0.2, 0) is 4.79 Å². The molecule has 1 aromatic carbocycles. The Balaban J connectivity index is 2.59. The van der Waals surface area contributed by atoms with E-state index in [1.54, 1.807) is 0 Å². The summed E-state index contributed by atoms with van der Waals surface area (Å²) < 4.78 is 0. The van der Waals surface area contributed by atoms with Gasteiger partial charge in [-0.1, -0.05) is 30.3 Å². The lowest BCUT2D eigenvalue weighted by molar-refractivity contribution is -0.132. The van der Waals surface area contributed by atoms with E-state index in [0.29, 0.717) is 0 Å². The third-order valence-electron chi connectivity index (χ3n) is 3.25. The summed E-state index contributed by atoms with van der Waals surface area (Å²) in [6, 6.07) is 10.2. The van der Waals surface area contributed by atoms with E-state index in [1.807, 2.05) is 43.9 Å². The van der Waals surface area contributed by atoms with Crippen molar-refractivity contribution in [2.75, 3.05) is 13.1 Å². The highest BCUT2D eigenvalue weighted by Gasteiger charge is 2.19. The molecule has 100 valence electrons. The fourth-order valence-electron chi connectivity index (χ4n) is 2.09. The molecule has 0 aliphatic heterocycles. The highest BCUT2D eigenvalue weighted by Crippen LogP contribution is 2.12. The first kappa shape index (κ1) is 14.7. The molecule has 0 aliphatic carbocycles. The Bertz CT molecular complexity index is 360. The molecule has 0 aliphatic rings. The van der Waals surface area contributed by atoms with Gasteiger partial charge in [-0.2, -0.15) is 0 Å². The van der Waals surface area contributed by atoms with Gasteiger partial charge in [0.2, 0.25) is 5.91 Å². The van der Waals surface area contributed by atoms with E-state index >= 15 is 0 Å². The van der Waals surface area contributed by atoms with Gasteiger partial charge >= 0.3 is 0 Å². The predicted octanol–water partition coefficient (Wildman–Crippen LogP) is 2.59. The molecule has 18 heavy (non-hydrogen) atoms. The van der Waals surface area contributed by atoms with Crippen molar-refractivity contribution in [2.24, 2.45) is 0 Å². The lowest BCUT2D eigenvalue weighted by Gasteiger charge is -2.26. The Hall–Kier alpha value is -1.35. The summed E-state index contributed by atoms with van der Waals surface area (Å²) >= 11 is 0. The number of amides is 1. The molecule has 0 bridgehead atoms. The molecule has 3 nitrogen and oxygen atoms in total. The van der Waals surface area contributed by atoms with E-state index in [1.165, 1.54) is 5.56 Å². The smallest absolute Gasteiger partial charge is 0.239 e. The second-order valence-corrected chi connectivity index (χ2v) is 4.53. The second-order valence-electron chi connectivity index (χ2n) is 4.53. The summed E-state index contributed by atoms with van der Waals surface area (Å²) in [6.07, 6.45) is 0. The lowest BCUT2D eigenvalue weighted by Crippen LogP contribution is -2.45. The molecule has 2 atom stereocenters. The standard InChI is InChI=1S/C15H24N2O/c1-5-17(6-2)15(18)13(4)16-12(3)14-10-8-7-9-11-14/h7-13,16H,5-6H2,1-4H3/t12-,13?/m0/s1. The number of nitrogens with one attached hydrogen (secondary N) is 1. The van der Waals surface area contributed by atoms with Crippen LogP contribution in [0.2, 0.25) is 0 Å². The highest BCUT2D eigenvalue weighted by atomic mass is 16.2. The third kappa shape index (κ3) is 3.84. The first-order valence-electron chi connectivity index (χ1n) is 6.69. The molecule has 0 saturated carbocycles. The molecule has 0 heterocycles. The van der Waals surface area contributed by atoms with E-state index in [9.17, 15) is 4.79 Å². The van der Waals surface area contributed by atoms with Crippen molar-refractivity contribution < 1.29 is 4.79 Å². The van der Waals surface area contributed by atoms with Gasteiger partial charge < -0.3 is 4.90 Å². The zero-order chi connectivity index (χ0) is 13.5. The van der Waals surface area contributed by atoms with Gasteiger partial charge in [0.1, 0.15) is 0 Å². The van der Waals surface area contributed by atoms with Crippen molar-refractivity contribution in [2.45, 2.75) is 39.8 Å². The number of carbonyl (C=O) groups is 1. The van der Waals surface area contributed by atoms with Crippen molar-refractivity contribution in [1.82, 2.24) is 10.2 Å².